The van der Waals surface area contributed by atoms with Crippen LogP contribution in [0.15, 0.2) is 47.6 Å². The van der Waals surface area contributed by atoms with Crippen LogP contribution < -0.4 is 9.47 Å². The summed E-state index contributed by atoms with van der Waals surface area (Å²) < 4.78 is 12.7. The van der Waals surface area contributed by atoms with Gasteiger partial charge < -0.3 is 9.47 Å². The number of fused-ring (bicyclic) bond motifs is 1. The van der Waals surface area contributed by atoms with E-state index in [1.807, 2.05) is 32.0 Å². The van der Waals surface area contributed by atoms with Gasteiger partial charge in [-0.05, 0) is 44.5 Å². The lowest BCUT2D eigenvalue weighted by Gasteiger charge is -2.20. The molecular weight excluding hydrogens is 386 g/mol. The Morgan fingerprint density at radius 1 is 1.07 bits per heavy atom. The molecule has 2 heterocycles. The van der Waals surface area contributed by atoms with Crippen LogP contribution in [-0.2, 0) is 0 Å². The van der Waals surface area contributed by atoms with Gasteiger partial charge in [0.2, 0.25) is 0 Å². The number of thioether (sulfide) groups is 1. The minimum absolute atomic E-state index is 0.0426. The lowest BCUT2D eigenvalue weighted by molar-refractivity contribution is 0.0868. The molecule has 0 amide bonds. The van der Waals surface area contributed by atoms with Crippen molar-refractivity contribution >= 4 is 17.7 Å². The van der Waals surface area contributed by atoms with Crippen LogP contribution in [0.25, 0.3) is 11.4 Å². The first-order valence-corrected chi connectivity index (χ1v) is 10.6. The molecule has 1 aromatic heterocycles. The maximum absolute atomic E-state index is 12.7. The molecule has 0 saturated carbocycles. The average Bonchev–Trinajstić information content (AvgIpc) is 3.15. The molecule has 0 saturated heterocycles. The maximum atomic E-state index is 12.7. The van der Waals surface area contributed by atoms with E-state index in [9.17, 15) is 4.79 Å². The summed E-state index contributed by atoms with van der Waals surface area (Å²) in [5, 5.41) is 5.13. The third kappa shape index (κ3) is 4.00. The minimum atomic E-state index is -0.0426. The van der Waals surface area contributed by atoms with Crippen LogP contribution >= 0.6 is 11.8 Å². The van der Waals surface area contributed by atoms with Gasteiger partial charge >= 0.3 is 0 Å². The molecule has 0 fully saturated rings. The van der Waals surface area contributed by atoms with Crippen molar-refractivity contribution in [2.24, 2.45) is 0 Å². The van der Waals surface area contributed by atoms with E-state index >= 15 is 0 Å². The van der Waals surface area contributed by atoms with Crippen molar-refractivity contribution in [3.8, 4) is 22.9 Å². The molecule has 0 bridgehead atoms. The summed E-state index contributed by atoms with van der Waals surface area (Å²) in [6.45, 7) is 7.00. The summed E-state index contributed by atoms with van der Waals surface area (Å²) in [5.74, 6) is 1.80. The van der Waals surface area contributed by atoms with E-state index in [0.717, 1.165) is 11.1 Å². The largest absolute Gasteiger partial charge is 0.490 e. The number of aromatic nitrogens is 3. The van der Waals surface area contributed by atoms with Crippen molar-refractivity contribution in [2.45, 2.75) is 37.6 Å². The lowest BCUT2D eigenvalue weighted by atomic mass is 10.1. The molecule has 0 aliphatic carbocycles. The van der Waals surface area contributed by atoms with Crippen molar-refractivity contribution in [3.05, 3.63) is 53.6 Å². The molecule has 0 radical (unpaired) electrons. The van der Waals surface area contributed by atoms with Gasteiger partial charge in [0, 0.05) is 17.2 Å². The predicted octanol–water partition coefficient (Wildman–Crippen LogP) is 4.93. The average molecular weight is 410 g/mol. The molecule has 150 valence electrons. The highest BCUT2D eigenvalue weighted by Gasteiger charge is 2.30. The zero-order valence-corrected chi connectivity index (χ0v) is 17.5. The van der Waals surface area contributed by atoms with Gasteiger partial charge in [-0.2, -0.15) is 4.68 Å². The quantitative estimate of drug-likeness (QED) is 0.575. The predicted molar refractivity (Wildman–Crippen MR) is 113 cm³/mol. The Morgan fingerprint density at radius 3 is 2.52 bits per heavy atom. The second-order valence-electron chi connectivity index (χ2n) is 6.77. The second kappa shape index (κ2) is 8.29. The molecule has 29 heavy (non-hydrogen) atoms. The fraction of sp³-hybridized carbons (Fsp3) is 0.318. The molecule has 7 heteroatoms. The Balaban J connectivity index is 1.64. The fourth-order valence-electron chi connectivity index (χ4n) is 3.23. The highest BCUT2D eigenvalue weighted by molar-refractivity contribution is 7.99. The summed E-state index contributed by atoms with van der Waals surface area (Å²) in [5.41, 5.74) is 3.12. The Bertz CT molecular complexity index is 1030. The Kier molecular flexibility index (Phi) is 5.58. The van der Waals surface area contributed by atoms with Crippen LogP contribution in [0.4, 0.5) is 0 Å². The van der Waals surface area contributed by atoms with Gasteiger partial charge in [0.05, 0.1) is 13.2 Å². The molecule has 0 spiro atoms. The molecule has 1 aliphatic rings. The number of hydrogen-bond donors (Lipinski definition) is 0. The van der Waals surface area contributed by atoms with Gasteiger partial charge in [-0.15, -0.1) is 5.10 Å². The van der Waals surface area contributed by atoms with Crippen molar-refractivity contribution < 1.29 is 14.3 Å². The van der Waals surface area contributed by atoms with Crippen molar-refractivity contribution in [2.75, 3.05) is 13.2 Å². The molecule has 1 aliphatic heterocycles. The van der Waals surface area contributed by atoms with E-state index in [4.69, 9.17) is 9.47 Å². The monoisotopic (exact) mass is 409 g/mol. The molecule has 0 N–H and O–H groups in total. The minimum Gasteiger partial charge on any atom is -0.490 e. The number of rotatable bonds is 6. The van der Waals surface area contributed by atoms with E-state index in [0.29, 0.717) is 42.1 Å². The number of aryl methyl sites for hydroxylation is 1. The van der Waals surface area contributed by atoms with E-state index in [1.54, 1.807) is 11.8 Å². The molecule has 2 aromatic carbocycles. The molecular formula is C22H23N3O3S. The van der Waals surface area contributed by atoms with Crippen LogP contribution in [-0.4, -0.2) is 33.9 Å². The summed E-state index contributed by atoms with van der Waals surface area (Å²) >= 11 is 1.57. The van der Waals surface area contributed by atoms with E-state index in [-0.39, 0.29) is 11.2 Å². The normalized spacial score (nSPS) is 15.8. The zero-order valence-electron chi connectivity index (χ0n) is 16.7. The third-order valence-corrected chi connectivity index (χ3v) is 5.87. The van der Waals surface area contributed by atoms with Gasteiger partial charge in [-0.1, -0.05) is 41.6 Å². The van der Waals surface area contributed by atoms with Gasteiger partial charge in [0.1, 0.15) is 0 Å². The van der Waals surface area contributed by atoms with Crippen LogP contribution in [0.5, 0.6) is 11.5 Å². The number of carbonyl (C=O) groups is 1. The van der Waals surface area contributed by atoms with Crippen LogP contribution in [0.1, 0.15) is 41.4 Å². The summed E-state index contributed by atoms with van der Waals surface area (Å²) in [7, 11) is 0. The Morgan fingerprint density at radius 2 is 1.79 bits per heavy atom. The Hall–Kier alpha value is -2.80. The first-order valence-electron chi connectivity index (χ1n) is 9.72. The number of nitrogens with zero attached hydrogens (tertiary/aromatic N) is 3. The summed E-state index contributed by atoms with van der Waals surface area (Å²) in [6.07, 6.45) is 0.400. The van der Waals surface area contributed by atoms with Crippen LogP contribution in [0.2, 0.25) is 0 Å². The van der Waals surface area contributed by atoms with E-state index < -0.39 is 0 Å². The van der Waals surface area contributed by atoms with Gasteiger partial charge in [0.15, 0.2) is 22.5 Å². The van der Waals surface area contributed by atoms with Crippen molar-refractivity contribution in [1.82, 2.24) is 14.8 Å². The van der Waals surface area contributed by atoms with E-state index in [2.05, 4.69) is 41.3 Å². The number of hydrogen-bond acceptors (Lipinski definition) is 6. The molecule has 4 rings (SSSR count). The lowest BCUT2D eigenvalue weighted by Crippen LogP contribution is -2.20. The third-order valence-electron chi connectivity index (χ3n) is 4.67. The SMILES string of the molecule is CCOc1ccc(-c2nc3n(n2)C(=O)CC(c2ccc(C)cc2)S3)cc1OCC. The van der Waals surface area contributed by atoms with Crippen LogP contribution in [0, 0.1) is 6.92 Å². The number of carbonyl (C=O) groups excluding carboxylic acids is 1. The first kappa shape index (κ1) is 19.5. The molecule has 6 nitrogen and oxygen atoms in total. The van der Waals surface area contributed by atoms with Crippen LogP contribution in [0.3, 0.4) is 0 Å². The highest BCUT2D eigenvalue weighted by Crippen LogP contribution is 2.42. The Labute approximate surface area is 174 Å². The smallest absolute Gasteiger partial charge is 0.250 e. The van der Waals surface area contributed by atoms with Gasteiger partial charge in [-0.25, -0.2) is 4.98 Å². The number of benzene rings is 2. The van der Waals surface area contributed by atoms with Gasteiger partial charge in [0.25, 0.3) is 5.91 Å². The fourth-order valence-corrected chi connectivity index (χ4v) is 4.39. The zero-order chi connectivity index (χ0) is 20.4. The maximum Gasteiger partial charge on any atom is 0.250 e. The summed E-state index contributed by atoms with van der Waals surface area (Å²) in [4.78, 5) is 17.3. The molecule has 1 unspecified atom stereocenters. The topological polar surface area (TPSA) is 66.2 Å². The highest BCUT2D eigenvalue weighted by atomic mass is 32.2. The molecule has 1 atom stereocenters. The van der Waals surface area contributed by atoms with E-state index in [1.165, 1.54) is 10.2 Å². The van der Waals surface area contributed by atoms with Crippen molar-refractivity contribution in [3.63, 3.8) is 0 Å². The molecule has 3 aromatic rings. The number of ether oxygens (including phenoxy) is 2. The summed E-state index contributed by atoms with van der Waals surface area (Å²) in [6, 6.07) is 13.9. The van der Waals surface area contributed by atoms with Crippen molar-refractivity contribution in [1.29, 1.82) is 0 Å². The van der Waals surface area contributed by atoms with Gasteiger partial charge in [-0.3, -0.25) is 4.79 Å². The standard InChI is InChI=1S/C22H23N3O3S/c1-4-27-17-11-10-16(12-18(17)28-5-2)21-23-22-25(24-21)20(26)13-19(29-22)15-8-6-14(3)7-9-15/h6-12,19H,4-5,13H2,1-3H3. The second-order valence-corrected chi connectivity index (χ2v) is 7.94. The first-order chi connectivity index (χ1) is 14.1.